The van der Waals surface area contributed by atoms with Crippen LogP contribution in [-0.2, 0) is 33.7 Å². The van der Waals surface area contributed by atoms with Gasteiger partial charge in [0.15, 0.2) is 0 Å². The number of amides is 1. The van der Waals surface area contributed by atoms with Crippen molar-refractivity contribution in [1.82, 2.24) is 18.8 Å². The molecule has 0 spiro atoms. The Bertz CT molecular complexity index is 945. The van der Waals surface area contributed by atoms with E-state index in [0.29, 0.717) is 24.2 Å². The largest absolute Gasteiger partial charge is 0.383 e. The fourth-order valence-electron chi connectivity index (χ4n) is 2.46. The van der Waals surface area contributed by atoms with Crippen molar-refractivity contribution in [2.24, 2.45) is 14.1 Å². The van der Waals surface area contributed by atoms with Crippen molar-refractivity contribution in [3.8, 4) is 0 Å². The fourth-order valence-corrected chi connectivity index (χ4v) is 3.61. The van der Waals surface area contributed by atoms with E-state index in [4.69, 9.17) is 4.74 Å². The maximum Gasteiger partial charge on any atom is 0.328 e. The Morgan fingerprint density at radius 1 is 1.24 bits per heavy atom. The topological polar surface area (TPSA) is 103 Å². The Morgan fingerprint density at radius 3 is 2.52 bits per heavy atom. The van der Waals surface area contributed by atoms with E-state index in [2.05, 4.69) is 5.32 Å². The smallest absolute Gasteiger partial charge is 0.328 e. The average Bonchev–Trinajstić information content (AvgIpc) is 2.79. The minimum atomic E-state index is -3.86. The number of nitrogens with zero attached hydrogens (tertiary/aromatic N) is 3. The summed E-state index contributed by atoms with van der Waals surface area (Å²) < 4.78 is 34.0. The van der Waals surface area contributed by atoms with Crippen molar-refractivity contribution in [3.05, 3.63) is 28.7 Å². The molecule has 0 saturated heterocycles. The number of aromatic nitrogens is 2. The Balaban J connectivity index is 2.27. The fraction of sp³-hybridized carbons (Fsp3) is 0.467. The average molecular weight is 370 g/mol. The van der Waals surface area contributed by atoms with Gasteiger partial charge < -0.3 is 10.1 Å². The molecule has 0 radical (unpaired) electrons. The highest BCUT2D eigenvalue weighted by Crippen LogP contribution is 2.20. The number of rotatable bonds is 7. The minimum Gasteiger partial charge on any atom is -0.383 e. The van der Waals surface area contributed by atoms with Gasteiger partial charge in [0.05, 0.1) is 29.1 Å². The summed E-state index contributed by atoms with van der Waals surface area (Å²) in [5.41, 5.74) is 0.897. The van der Waals surface area contributed by atoms with E-state index in [-0.39, 0.29) is 17.1 Å². The van der Waals surface area contributed by atoms with Crippen LogP contribution in [0.25, 0.3) is 11.0 Å². The van der Waals surface area contributed by atoms with Crippen LogP contribution in [0.4, 0.5) is 0 Å². The molecule has 1 aromatic carbocycles. The molecule has 2 aromatic rings. The molecule has 1 aromatic heterocycles. The Morgan fingerprint density at radius 2 is 1.88 bits per heavy atom. The van der Waals surface area contributed by atoms with Gasteiger partial charge in [0, 0.05) is 34.8 Å². The van der Waals surface area contributed by atoms with Crippen molar-refractivity contribution in [2.45, 2.75) is 4.90 Å². The van der Waals surface area contributed by atoms with Crippen molar-refractivity contribution in [2.75, 3.05) is 33.9 Å². The van der Waals surface area contributed by atoms with Crippen LogP contribution in [0.1, 0.15) is 0 Å². The van der Waals surface area contributed by atoms with E-state index < -0.39 is 15.9 Å². The van der Waals surface area contributed by atoms with Crippen molar-refractivity contribution >= 4 is 27.0 Å². The zero-order valence-electron chi connectivity index (χ0n) is 14.6. The Hall–Kier alpha value is -2.17. The molecule has 0 unspecified atom stereocenters. The molecule has 10 heteroatoms. The molecule has 1 heterocycles. The molecule has 138 valence electrons. The first-order valence-corrected chi connectivity index (χ1v) is 9.01. The SMILES string of the molecule is COCCNC(=O)CN(C)S(=O)(=O)c1ccc2c(c1)n(C)c(=O)n2C. The van der Waals surface area contributed by atoms with Crippen LogP contribution >= 0.6 is 0 Å². The number of hydrogen-bond donors (Lipinski definition) is 1. The molecule has 0 aliphatic carbocycles. The predicted octanol–water partition coefficient (Wildman–Crippen LogP) is -0.740. The molecular weight excluding hydrogens is 348 g/mol. The lowest BCUT2D eigenvalue weighted by Gasteiger charge is -2.17. The van der Waals surface area contributed by atoms with Crippen molar-refractivity contribution in [3.63, 3.8) is 0 Å². The molecule has 25 heavy (non-hydrogen) atoms. The number of aryl methyl sites for hydroxylation is 2. The molecule has 0 atom stereocenters. The van der Waals surface area contributed by atoms with Crippen LogP contribution in [0.15, 0.2) is 27.9 Å². The molecule has 0 aliphatic rings. The van der Waals surface area contributed by atoms with E-state index in [1.165, 1.54) is 35.4 Å². The van der Waals surface area contributed by atoms with Gasteiger partial charge in [0.2, 0.25) is 15.9 Å². The van der Waals surface area contributed by atoms with Crippen LogP contribution in [-0.4, -0.2) is 61.6 Å². The van der Waals surface area contributed by atoms with Crippen LogP contribution in [0.3, 0.4) is 0 Å². The monoisotopic (exact) mass is 370 g/mol. The van der Waals surface area contributed by atoms with E-state index in [9.17, 15) is 18.0 Å². The number of ether oxygens (including phenoxy) is 1. The lowest BCUT2D eigenvalue weighted by atomic mass is 10.3. The lowest BCUT2D eigenvalue weighted by molar-refractivity contribution is -0.121. The maximum atomic E-state index is 12.7. The van der Waals surface area contributed by atoms with Crippen molar-refractivity contribution in [1.29, 1.82) is 0 Å². The van der Waals surface area contributed by atoms with Crippen LogP contribution < -0.4 is 11.0 Å². The summed E-state index contributed by atoms with van der Waals surface area (Å²) in [7, 11) is 2.18. The first-order valence-electron chi connectivity index (χ1n) is 7.57. The molecule has 0 fully saturated rings. The summed E-state index contributed by atoms with van der Waals surface area (Å²) in [6, 6.07) is 4.44. The zero-order chi connectivity index (χ0) is 18.8. The van der Waals surface area contributed by atoms with Crippen molar-refractivity contribution < 1.29 is 17.9 Å². The highest BCUT2D eigenvalue weighted by Gasteiger charge is 2.24. The molecule has 9 nitrogen and oxygen atoms in total. The van der Waals surface area contributed by atoms with Gasteiger partial charge in [-0.15, -0.1) is 0 Å². The number of imidazole rings is 1. The predicted molar refractivity (Wildman–Crippen MR) is 92.9 cm³/mol. The highest BCUT2D eigenvalue weighted by molar-refractivity contribution is 7.89. The summed E-state index contributed by atoms with van der Waals surface area (Å²) in [6.07, 6.45) is 0. The summed E-state index contributed by atoms with van der Waals surface area (Å²) in [5.74, 6) is -0.420. The number of benzene rings is 1. The van der Waals surface area contributed by atoms with Crippen LogP contribution in [0.2, 0.25) is 0 Å². The van der Waals surface area contributed by atoms with Gasteiger partial charge in [-0.1, -0.05) is 0 Å². The third-order valence-electron chi connectivity index (χ3n) is 3.95. The second-order valence-electron chi connectivity index (χ2n) is 5.65. The third kappa shape index (κ3) is 3.75. The van der Waals surface area contributed by atoms with Gasteiger partial charge in [0.25, 0.3) is 0 Å². The zero-order valence-corrected chi connectivity index (χ0v) is 15.5. The highest BCUT2D eigenvalue weighted by atomic mass is 32.2. The number of likely N-dealkylation sites (N-methyl/N-ethyl adjacent to an activating group) is 1. The minimum absolute atomic E-state index is 0.0217. The lowest BCUT2D eigenvalue weighted by Crippen LogP contribution is -2.39. The summed E-state index contributed by atoms with van der Waals surface area (Å²) in [5, 5.41) is 2.57. The number of carbonyl (C=O) groups is 1. The summed E-state index contributed by atoms with van der Waals surface area (Å²) in [6.45, 7) is 0.347. The van der Waals surface area contributed by atoms with Gasteiger partial charge in [0.1, 0.15) is 0 Å². The van der Waals surface area contributed by atoms with Crippen LogP contribution in [0.5, 0.6) is 0 Å². The number of nitrogens with one attached hydrogen (secondary N) is 1. The van der Waals surface area contributed by atoms with Gasteiger partial charge in [-0.05, 0) is 18.2 Å². The van der Waals surface area contributed by atoms with E-state index in [1.807, 2.05) is 0 Å². The maximum absolute atomic E-state index is 12.7. The quantitative estimate of drug-likeness (QED) is 0.647. The van der Waals surface area contributed by atoms with E-state index in [1.54, 1.807) is 20.2 Å². The summed E-state index contributed by atoms with van der Waals surface area (Å²) in [4.78, 5) is 23.8. The molecule has 0 aliphatic heterocycles. The van der Waals surface area contributed by atoms with Gasteiger partial charge in [-0.2, -0.15) is 4.31 Å². The van der Waals surface area contributed by atoms with E-state index >= 15 is 0 Å². The third-order valence-corrected chi connectivity index (χ3v) is 5.75. The molecule has 1 N–H and O–H groups in total. The standard InChI is InChI=1S/C15H22N4O5S/c1-17(10-14(20)16-7-8-24-4)25(22,23)11-5-6-12-13(9-11)19(3)15(21)18(12)2/h5-6,9H,7-8,10H2,1-4H3,(H,16,20). The first-order chi connectivity index (χ1) is 11.7. The van der Waals surface area contributed by atoms with Gasteiger partial charge in [-0.25, -0.2) is 13.2 Å². The second kappa shape index (κ2) is 7.38. The normalized spacial score (nSPS) is 12.0. The van der Waals surface area contributed by atoms with Crippen LogP contribution in [0, 0.1) is 0 Å². The Kier molecular flexibility index (Phi) is 5.65. The number of methoxy groups -OCH3 is 1. The van der Waals surface area contributed by atoms with Gasteiger partial charge >= 0.3 is 5.69 Å². The van der Waals surface area contributed by atoms with Gasteiger partial charge in [-0.3, -0.25) is 13.9 Å². The molecule has 0 bridgehead atoms. The number of sulfonamides is 1. The molecule has 0 saturated carbocycles. The first kappa shape index (κ1) is 19.2. The second-order valence-corrected chi connectivity index (χ2v) is 7.70. The number of fused-ring (bicyclic) bond motifs is 1. The molecule has 2 rings (SSSR count). The number of carbonyl (C=O) groups excluding carboxylic acids is 1. The molecular formula is C15H22N4O5S. The Labute approximate surface area is 145 Å². The number of hydrogen-bond acceptors (Lipinski definition) is 5. The summed E-state index contributed by atoms with van der Waals surface area (Å²) >= 11 is 0. The van der Waals surface area contributed by atoms with E-state index in [0.717, 1.165) is 4.31 Å². The molecule has 1 amide bonds.